The van der Waals surface area contributed by atoms with Crippen molar-refractivity contribution in [2.45, 2.75) is 51.5 Å². The first-order chi connectivity index (χ1) is 6.99. The van der Waals surface area contributed by atoms with Crippen molar-refractivity contribution in [1.29, 1.82) is 0 Å². The highest BCUT2D eigenvalue weighted by Gasteiger charge is 2.47. The van der Waals surface area contributed by atoms with Gasteiger partial charge in [0.1, 0.15) is 0 Å². The average Bonchev–Trinajstić information content (AvgIpc) is 2.84. The van der Waals surface area contributed by atoms with E-state index in [0.29, 0.717) is 0 Å². The van der Waals surface area contributed by atoms with Crippen LogP contribution >= 0.6 is 0 Å². The fourth-order valence-corrected chi connectivity index (χ4v) is 2.63. The van der Waals surface area contributed by atoms with E-state index in [9.17, 15) is 4.79 Å². The number of aliphatic hydroxyl groups is 1. The average molecular weight is 211 g/mol. The number of nitrogens with one attached hydrogen (secondary N) is 1. The second kappa shape index (κ2) is 3.48. The Morgan fingerprint density at radius 3 is 2.47 bits per heavy atom. The molecule has 2 fully saturated rings. The standard InChI is InChI=1S/C12H21NO2/c1-11(2)5-3-4-9(11)10(15)13-12(8-14)6-7-12/h9,14H,3-8H2,1-2H3,(H,13,15). The van der Waals surface area contributed by atoms with Crippen LogP contribution in [0.3, 0.4) is 0 Å². The van der Waals surface area contributed by atoms with Crippen molar-refractivity contribution < 1.29 is 9.90 Å². The van der Waals surface area contributed by atoms with Crippen LogP contribution in [0.15, 0.2) is 0 Å². The lowest BCUT2D eigenvalue weighted by Gasteiger charge is -2.27. The van der Waals surface area contributed by atoms with E-state index >= 15 is 0 Å². The van der Waals surface area contributed by atoms with Crippen LogP contribution in [-0.2, 0) is 4.79 Å². The lowest BCUT2D eigenvalue weighted by Crippen LogP contribution is -2.45. The van der Waals surface area contributed by atoms with Crippen molar-refractivity contribution in [2.75, 3.05) is 6.61 Å². The van der Waals surface area contributed by atoms with Gasteiger partial charge in [0, 0.05) is 5.92 Å². The van der Waals surface area contributed by atoms with Gasteiger partial charge in [-0.05, 0) is 31.1 Å². The molecular formula is C12H21NO2. The third-order valence-electron chi connectivity index (χ3n) is 4.12. The summed E-state index contributed by atoms with van der Waals surface area (Å²) in [7, 11) is 0. The van der Waals surface area contributed by atoms with Gasteiger partial charge < -0.3 is 10.4 Å². The molecule has 2 aliphatic rings. The molecule has 1 amide bonds. The van der Waals surface area contributed by atoms with Crippen molar-refractivity contribution in [1.82, 2.24) is 5.32 Å². The number of hydrogen-bond donors (Lipinski definition) is 2. The van der Waals surface area contributed by atoms with Crippen LogP contribution in [0.25, 0.3) is 0 Å². The lowest BCUT2D eigenvalue weighted by molar-refractivity contribution is -0.128. The normalized spacial score (nSPS) is 31.3. The third-order valence-corrected chi connectivity index (χ3v) is 4.12. The molecule has 2 saturated carbocycles. The molecule has 2 aliphatic carbocycles. The van der Waals surface area contributed by atoms with Crippen LogP contribution < -0.4 is 5.32 Å². The summed E-state index contributed by atoms with van der Waals surface area (Å²) >= 11 is 0. The minimum atomic E-state index is -0.254. The van der Waals surface area contributed by atoms with Crippen LogP contribution in [0.1, 0.15) is 46.0 Å². The molecule has 15 heavy (non-hydrogen) atoms. The summed E-state index contributed by atoms with van der Waals surface area (Å²) in [6.45, 7) is 4.43. The van der Waals surface area contributed by atoms with E-state index in [0.717, 1.165) is 32.1 Å². The van der Waals surface area contributed by atoms with Gasteiger partial charge >= 0.3 is 0 Å². The van der Waals surface area contributed by atoms with Gasteiger partial charge in [-0.1, -0.05) is 20.3 Å². The lowest BCUT2D eigenvalue weighted by atomic mass is 9.81. The maximum Gasteiger partial charge on any atom is 0.224 e. The van der Waals surface area contributed by atoms with Gasteiger partial charge in [-0.3, -0.25) is 4.79 Å². The number of carbonyl (C=O) groups is 1. The summed E-state index contributed by atoms with van der Waals surface area (Å²) < 4.78 is 0. The van der Waals surface area contributed by atoms with E-state index < -0.39 is 0 Å². The minimum absolute atomic E-state index is 0.0892. The van der Waals surface area contributed by atoms with E-state index in [4.69, 9.17) is 5.11 Å². The molecule has 1 unspecified atom stereocenters. The number of hydrogen-bond acceptors (Lipinski definition) is 2. The number of amides is 1. The SMILES string of the molecule is CC1(C)CCCC1C(=O)NC1(CO)CC1. The Morgan fingerprint density at radius 2 is 2.07 bits per heavy atom. The molecule has 86 valence electrons. The van der Waals surface area contributed by atoms with Crippen molar-refractivity contribution in [2.24, 2.45) is 11.3 Å². The molecular weight excluding hydrogens is 190 g/mol. The first kappa shape index (κ1) is 10.9. The molecule has 2 N–H and O–H groups in total. The smallest absolute Gasteiger partial charge is 0.224 e. The Labute approximate surface area is 91.2 Å². The van der Waals surface area contributed by atoms with E-state index in [-0.39, 0.29) is 29.4 Å². The maximum absolute atomic E-state index is 12.1. The van der Waals surface area contributed by atoms with Gasteiger partial charge in [-0.2, -0.15) is 0 Å². The molecule has 0 saturated heterocycles. The molecule has 0 aromatic carbocycles. The zero-order valence-electron chi connectivity index (χ0n) is 9.68. The molecule has 0 bridgehead atoms. The summed E-state index contributed by atoms with van der Waals surface area (Å²) in [6, 6.07) is 0. The number of rotatable bonds is 3. The van der Waals surface area contributed by atoms with Gasteiger partial charge in [0.05, 0.1) is 12.1 Å². The van der Waals surface area contributed by atoms with Gasteiger partial charge in [-0.25, -0.2) is 0 Å². The zero-order valence-corrected chi connectivity index (χ0v) is 9.68. The molecule has 3 heteroatoms. The van der Waals surface area contributed by atoms with Crippen molar-refractivity contribution in [3.05, 3.63) is 0 Å². The fourth-order valence-electron chi connectivity index (χ4n) is 2.63. The number of aliphatic hydroxyl groups excluding tert-OH is 1. The van der Waals surface area contributed by atoms with Crippen molar-refractivity contribution in [3.63, 3.8) is 0 Å². The molecule has 0 radical (unpaired) electrons. The van der Waals surface area contributed by atoms with E-state index in [1.54, 1.807) is 0 Å². The predicted molar refractivity (Wildman–Crippen MR) is 58.3 cm³/mol. The van der Waals surface area contributed by atoms with E-state index in [2.05, 4.69) is 19.2 Å². The van der Waals surface area contributed by atoms with E-state index in [1.807, 2.05) is 0 Å². The molecule has 1 atom stereocenters. The Balaban J connectivity index is 1.96. The third kappa shape index (κ3) is 2.03. The molecule has 2 rings (SSSR count). The van der Waals surface area contributed by atoms with Gasteiger partial charge in [0.25, 0.3) is 0 Å². The van der Waals surface area contributed by atoms with Crippen LogP contribution in [0.4, 0.5) is 0 Å². The van der Waals surface area contributed by atoms with Gasteiger partial charge in [0.2, 0.25) is 5.91 Å². The highest BCUT2D eigenvalue weighted by atomic mass is 16.3. The maximum atomic E-state index is 12.1. The summed E-state index contributed by atoms with van der Waals surface area (Å²) in [4.78, 5) is 12.1. The summed E-state index contributed by atoms with van der Waals surface area (Å²) in [5, 5.41) is 12.2. The molecule has 0 aliphatic heterocycles. The van der Waals surface area contributed by atoms with Crippen LogP contribution in [-0.4, -0.2) is 23.2 Å². The minimum Gasteiger partial charge on any atom is -0.394 e. The molecule has 0 aromatic heterocycles. The van der Waals surface area contributed by atoms with Crippen molar-refractivity contribution >= 4 is 5.91 Å². The molecule has 0 spiro atoms. The van der Waals surface area contributed by atoms with Crippen molar-refractivity contribution in [3.8, 4) is 0 Å². The Hall–Kier alpha value is -0.570. The summed E-state index contributed by atoms with van der Waals surface area (Å²) in [5.41, 5.74) is -0.120. The summed E-state index contributed by atoms with van der Waals surface area (Å²) in [6.07, 6.45) is 5.15. The van der Waals surface area contributed by atoms with Crippen LogP contribution in [0.2, 0.25) is 0 Å². The molecule has 0 aromatic rings. The highest BCUT2D eigenvalue weighted by molar-refractivity contribution is 5.81. The fraction of sp³-hybridized carbons (Fsp3) is 0.917. The first-order valence-electron chi connectivity index (χ1n) is 5.92. The van der Waals surface area contributed by atoms with Gasteiger partial charge in [-0.15, -0.1) is 0 Å². The Morgan fingerprint density at radius 1 is 1.40 bits per heavy atom. The molecule has 3 nitrogen and oxygen atoms in total. The molecule has 0 heterocycles. The predicted octanol–water partition coefficient (Wildman–Crippen LogP) is 1.45. The zero-order chi connectivity index (χ0) is 11.1. The largest absolute Gasteiger partial charge is 0.394 e. The quantitative estimate of drug-likeness (QED) is 0.742. The second-order valence-corrected chi connectivity index (χ2v) is 5.86. The monoisotopic (exact) mass is 211 g/mol. The number of carbonyl (C=O) groups excluding carboxylic acids is 1. The summed E-state index contributed by atoms with van der Waals surface area (Å²) in [5.74, 6) is 0.297. The van der Waals surface area contributed by atoms with E-state index in [1.165, 1.54) is 0 Å². The topological polar surface area (TPSA) is 49.3 Å². The Bertz CT molecular complexity index is 269. The highest BCUT2D eigenvalue weighted by Crippen LogP contribution is 2.44. The van der Waals surface area contributed by atoms with Crippen LogP contribution in [0.5, 0.6) is 0 Å². The Kier molecular flexibility index (Phi) is 2.53. The second-order valence-electron chi connectivity index (χ2n) is 5.86. The van der Waals surface area contributed by atoms with Crippen LogP contribution in [0, 0.1) is 11.3 Å². The van der Waals surface area contributed by atoms with Gasteiger partial charge in [0.15, 0.2) is 0 Å². The first-order valence-corrected chi connectivity index (χ1v) is 5.92.